The van der Waals surface area contributed by atoms with Crippen LogP contribution in [-0.4, -0.2) is 31.2 Å². The normalized spacial score (nSPS) is 10.5. The molecule has 1 aromatic heterocycles. The minimum absolute atomic E-state index is 0.0372. The van der Waals surface area contributed by atoms with Gasteiger partial charge in [-0.1, -0.05) is 30.3 Å². The van der Waals surface area contributed by atoms with E-state index in [1.807, 2.05) is 61.5 Å². The van der Waals surface area contributed by atoms with E-state index in [1.54, 1.807) is 7.11 Å². The molecule has 0 unspecified atom stereocenters. The zero-order valence-corrected chi connectivity index (χ0v) is 15.0. The highest BCUT2D eigenvalue weighted by Gasteiger charge is 2.09. The van der Waals surface area contributed by atoms with E-state index in [1.165, 1.54) is 5.56 Å². The second kappa shape index (κ2) is 8.34. The molecule has 0 bridgehead atoms. The molecule has 26 heavy (non-hydrogen) atoms. The fourth-order valence-corrected chi connectivity index (χ4v) is 2.73. The number of carbonyl (C=O) groups is 1. The highest BCUT2D eigenvalue weighted by atomic mass is 16.5. The maximum absolute atomic E-state index is 12.1. The van der Waals surface area contributed by atoms with Crippen molar-refractivity contribution in [2.75, 3.05) is 20.3 Å². The third-order valence-electron chi connectivity index (χ3n) is 4.04. The van der Waals surface area contributed by atoms with Crippen molar-refractivity contribution in [2.24, 2.45) is 0 Å². The van der Waals surface area contributed by atoms with Crippen molar-refractivity contribution >= 4 is 16.8 Å². The third-order valence-corrected chi connectivity index (χ3v) is 4.04. The number of nitrogens with zero attached hydrogens (tertiary/aromatic N) is 1. The molecule has 0 atom stereocenters. The molecule has 0 radical (unpaired) electrons. The summed E-state index contributed by atoms with van der Waals surface area (Å²) in [6, 6.07) is 17.5. The molecule has 0 saturated carbocycles. The van der Waals surface area contributed by atoms with E-state index in [0.29, 0.717) is 12.3 Å². The third kappa shape index (κ3) is 4.51. The van der Waals surface area contributed by atoms with Crippen LogP contribution in [0.2, 0.25) is 0 Å². The number of rotatable bonds is 7. The van der Waals surface area contributed by atoms with Gasteiger partial charge in [0.2, 0.25) is 0 Å². The number of nitrogens with one attached hydrogen (secondary N) is 1. The zero-order chi connectivity index (χ0) is 18.4. The van der Waals surface area contributed by atoms with E-state index in [0.717, 1.165) is 28.8 Å². The predicted molar refractivity (Wildman–Crippen MR) is 102 cm³/mol. The van der Waals surface area contributed by atoms with E-state index in [4.69, 9.17) is 9.47 Å². The topological polar surface area (TPSA) is 60.5 Å². The minimum atomic E-state index is -0.147. The molecule has 1 heterocycles. The van der Waals surface area contributed by atoms with E-state index in [9.17, 15) is 4.79 Å². The molecule has 5 heteroatoms. The minimum Gasteiger partial charge on any atom is -0.497 e. The van der Waals surface area contributed by atoms with Gasteiger partial charge in [-0.25, -0.2) is 0 Å². The monoisotopic (exact) mass is 350 g/mol. The lowest BCUT2D eigenvalue weighted by Gasteiger charge is -2.11. The lowest BCUT2D eigenvalue weighted by atomic mass is 10.1. The lowest BCUT2D eigenvalue weighted by Crippen LogP contribution is -2.30. The Balaban J connectivity index is 1.60. The summed E-state index contributed by atoms with van der Waals surface area (Å²) in [5.41, 5.74) is 2.84. The van der Waals surface area contributed by atoms with Gasteiger partial charge in [0.25, 0.3) is 5.91 Å². The Morgan fingerprint density at radius 1 is 1.12 bits per heavy atom. The van der Waals surface area contributed by atoms with Gasteiger partial charge in [-0.3, -0.25) is 9.78 Å². The zero-order valence-electron chi connectivity index (χ0n) is 15.0. The first-order chi connectivity index (χ1) is 12.7. The molecule has 134 valence electrons. The van der Waals surface area contributed by atoms with Crippen LogP contribution in [0.3, 0.4) is 0 Å². The Kier molecular flexibility index (Phi) is 5.69. The first kappa shape index (κ1) is 17.7. The van der Waals surface area contributed by atoms with Crippen LogP contribution in [0, 0.1) is 6.92 Å². The average molecular weight is 350 g/mol. The fraction of sp³-hybridized carbons (Fsp3) is 0.238. The number of methoxy groups -OCH3 is 1. The molecule has 0 spiro atoms. The number of hydrogen-bond donors (Lipinski definition) is 1. The SMILES string of the molecule is COc1ccc2nc(C)cc(OCC(=O)NCCc3ccccc3)c2c1. The summed E-state index contributed by atoms with van der Waals surface area (Å²) >= 11 is 0. The second-order valence-corrected chi connectivity index (χ2v) is 6.02. The Morgan fingerprint density at radius 2 is 1.92 bits per heavy atom. The quantitative estimate of drug-likeness (QED) is 0.710. The van der Waals surface area contributed by atoms with Gasteiger partial charge in [0.1, 0.15) is 11.5 Å². The molecule has 3 aromatic rings. The van der Waals surface area contributed by atoms with E-state index < -0.39 is 0 Å². The predicted octanol–water partition coefficient (Wildman–Crippen LogP) is 3.29. The number of benzene rings is 2. The number of fused-ring (bicyclic) bond motifs is 1. The summed E-state index contributed by atoms with van der Waals surface area (Å²) in [6.45, 7) is 2.44. The fourth-order valence-electron chi connectivity index (χ4n) is 2.73. The van der Waals surface area contributed by atoms with Gasteiger partial charge in [0.15, 0.2) is 6.61 Å². The number of aromatic nitrogens is 1. The van der Waals surface area contributed by atoms with E-state index in [2.05, 4.69) is 10.3 Å². The van der Waals surface area contributed by atoms with Gasteiger partial charge >= 0.3 is 0 Å². The van der Waals surface area contributed by atoms with Gasteiger partial charge in [0.05, 0.1) is 12.6 Å². The van der Waals surface area contributed by atoms with Crippen LogP contribution in [0.15, 0.2) is 54.6 Å². The first-order valence-corrected chi connectivity index (χ1v) is 8.54. The molecule has 0 aliphatic heterocycles. The number of ether oxygens (including phenoxy) is 2. The van der Waals surface area contributed by atoms with Crippen molar-refractivity contribution in [3.05, 3.63) is 65.9 Å². The number of amides is 1. The summed E-state index contributed by atoms with van der Waals surface area (Å²) in [5.74, 6) is 1.20. The highest BCUT2D eigenvalue weighted by Crippen LogP contribution is 2.28. The molecule has 0 fully saturated rings. The van der Waals surface area contributed by atoms with Crippen LogP contribution in [-0.2, 0) is 11.2 Å². The molecular weight excluding hydrogens is 328 g/mol. The van der Waals surface area contributed by atoms with Crippen LogP contribution >= 0.6 is 0 Å². The number of carbonyl (C=O) groups excluding carboxylic acids is 1. The number of aryl methyl sites for hydroxylation is 1. The van der Waals surface area contributed by atoms with Crippen molar-refractivity contribution in [2.45, 2.75) is 13.3 Å². The van der Waals surface area contributed by atoms with E-state index in [-0.39, 0.29) is 12.5 Å². The maximum Gasteiger partial charge on any atom is 0.257 e. The van der Waals surface area contributed by atoms with Crippen molar-refractivity contribution in [1.82, 2.24) is 10.3 Å². The molecule has 5 nitrogen and oxygen atoms in total. The Morgan fingerprint density at radius 3 is 2.69 bits per heavy atom. The molecule has 0 aliphatic carbocycles. The Bertz CT molecular complexity index is 894. The summed E-state index contributed by atoms with van der Waals surface area (Å²) in [5, 5.41) is 3.71. The van der Waals surface area contributed by atoms with Gasteiger partial charge in [-0.2, -0.15) is 0 Å². The number of hydrogen-bond acceptors (Lipinski definition) is 4. The van der Waals surface area contributed by atoms with Gasteiger partial charge in [0, 0.05) is 23.7 Å². The van der Waals surface area contributed by atoms with Crippen LogP contribution < -0.4 is 14.8 Å². The Labute approximate surface area is 153 Å². The average Bonchev–Trinajstić information content (AvgIpc) is 2.66. The smallest absolute Gasteiger partial charge is 0.257 e. The molecule has 0 aliphatic rings. The van der Waals surface area contributed by atoms with Crippen molar-refractivity contribution in [3.63, 3.8) is 0 Å². The van der Waals surface area contributed by atoms with Crippen LogP contribution in [0.1, 0.15) is 11.3 Å². The summed E-state index contributed by atoms with van der Waals surface area (Å²) in [4.78, 5) is 16.6. The molecule has 1 amide bonds. The van der Waals surface area contributed by atoms with Gasteiger partial charge in [-0.15, -0.1) is 0 Å². The second-order valence-electron chi connectivity index (χ2n) is 6.02. The van der Waals surface area contributed by atoms with Crippen molar-refractivity contribution < 1.29 is 14.3 Å². The first-order valence-electron chi connectivity index (χ1n) is 8.54. The standard InChI is InChI=1S/C21H22N2O3/c1-15-12-20(18-13-17(25-2)8-9-19(18)23-15)26-14-21(24)22-11-10-16-6-4-3-5-7-16/h3-9,12-13H,10-11,14H2,1-2H3,(H,22,24). The van der Waals surface area contributed by atoms with Gasteiger partial charge in [-0.05, 0) is 37.1 Å². The molecular formula is C21H22N2O3. The van der Waals surface area contributed by atoms with Crippen LogP contribution in [0.4, 0.5) is 0 Å². The summed E-state index contributed by atoms with van der Waals surface area (Å²) in [6.07, 6.45) is 0.793. The maximum atomic E-state index is 12.1. The van der Waals surface area contributed by atoms with Crippen LogP contribution in [0.25, 0.3) is 10.9 Å². The lowest BCUT2D eigenvalue weighted by molar-refractivity contribution is -0.123. The summed E-state index contributed by atoms with van der Waals surface area (Å²) < 4.78 is 11.0. The molecule has 2 aromatic carbocycles. The molecule has 0 saturated heterocycles. The van der Waals surface area contributed by atoms with Crippen molar-refractivity contribution in [1.29, 1.82) is 0 Å². The Hall–Kier alpha value is -3.08. The van der Waals surface area contributed by atoms with Gasteiger partial charge < -0.3 is 14.8 Å². The molecule has 1 N–H and O–H groups in total. The largest absolute Gasteiger partial charge is 0.497 e. The number of pyridine rings is 1. The van der Waals surface area contributed by atoms with E-state index >= 15 is 0 Å². The van der Waals surface area contributed by atoms with Crippen LogP contribution in [0.5, 0.6) is 11.5 Å². The van der Waals surface area contributed by atoms with Crippen molar-refractivity contribution in [3.8, 4) is 11.5 Å². The molecule has 3 rings (SSSR count). The highest BCUT2D eigenvalue weighted by molar-refractivity contribution is 5.87. The summed E-state index contributed by atoms with van der Waals surface area (Å²) in [7, 11) is 1.61.